The summed E-state index contributed by atoms with van der Waals surface area (Å²) in [7, 11) is 0. The van der Waals surface area contributed by atoms with Crippen molar-refractivity contribution >= 4 is 17.7 Å². The van der Waals surface area contributed by atoms with E-state index in [2.05, 4.69) is 5.32 Å². The molecular formula is C9H17NO5S. The minimum Gasteiger partial charge on any atom is -0.388 e. The van der Waals surface area contributed by atoms with E-state index >= 15 is 0 Å². The molecule has 0 aromatic rings. The normalized spacial score (nSPS) is 39.4. The van der Waals surface area contributed by atoms with Gasteiger partial charge in [-0.1, -0.05) is 0 Å². The van der Waals surface area contributed by atoms with Crippen molar-refractivity contribution in [3.05, 3.63) is 0 Å². The molecule has 0 spiro atoms. The zero-order valence-corrected chi connectivity index (χ0v) is 9.98. The van der Waals surface area contributed by atoms with Crippen LogP contribution in [-0.4, -0.2) is 57.0 Å². The molecule has 1 saturated heterocycles. The molecule has 0 radical (unpaired) electrons. The third-order valence-corrected chi connectivity index (χ3v) is 3.41. The minimum absolute atomic E-state index is 0.175. The topological polar surface area (TPSA) is 99.0 Å². The minimum atomic E-state index is -1.22. The number of carbonyl (C=O) groups is 1. The van der Waals surface area contributed by atoms with Crippen molar-refractivity contribution in [2.75, 3.05) is 5.88 Å². The van der Waals surface area contributed by atoms with Gasteiger partial charge in [0.15, 0.2) is 0 Å². The Hall–Kier alpha value is -0.340. The smallest absolute Gasteiger partial charge is 0.217 e. The Labute approximate surface area is 98.0 Å². The van der Waals surface area contributed by atoms with Crippen molar-refractivity contribution < 1.29 is 24.9 Å². The van der Waals surface area contributed by atoms with E-state index in [1.165, 1.54) is 18.7 Å². The van der Waals surface area contributed by atoms with Crippen LogP contribution in [0, 0.1) is 0 Å². The SMILES string of the molecule is CC(=O)NCS[C@@H]1O[C@@H](C)[C@@H](O)[C@@H](O)[C@@H]1O. The summed E-state index contributed by atoms with van der Waals surface area (Å²) in [5, 5.41) is 31.1. The molecule has 94 valence electrons. The lowest BCUT2D eigenvalue weighted by Gasteiger charge is -2.38. The highest BCUT2D eigenvalue weighted by Gasteiger charge is 2.41. The molecule has 4 N–H and O–H groups in total. The van der Waals surface area contributed by atoms with E-state index in [4.69, 9.17) is 4.74 Å². The standard InChI is InChI=1S/C9H17NO5S/c1-4-6(12)7(13)8(14)9(15-4)16-3-10-5(2)11/h4,6-9,12-14H,3H2,1-2H3,(H,10,11)/t4-,6+,7+,8-,9-/m0/s1. The highest BCUT2D eigenvalue weighted by atomic mass is 32.2. The number of ether oxygens (including phenoxy) is 1. The van der Waals surface area contributed by atoms with E-state index in [1.54, 1.807) is 6.92 Å². The molecule has 0 unspecified atom stereocenters. The Morgan fingerprint density at radius 3 is 2.50 bits per heavy atom. The van der Waals surface area contributed by atoms with Gasteiger partial charge >= 0.3 is 0 Å². The van der Waals surface area contributed by atoms with Gasteiger partial charge in [0, 0.05) is 6.92 Å². The Bertz CT molecular complexity index is 252. The Balaban J connectivity index is 2.44. The Kier molecular flexibility index (Phi) is 5.00. The molecular weight excluding hydrogens is 234 g/mol. The lowest BCUT2D eigenvalue weighted by Crippen LogP contribution is -2.55. The van der Waals surface area contributed by atoms with Crippen LogP contribution in [0.4, 0.5) is 0 Å². The predicted octanol–water partition coefficient (Wildman–Crippen LogP) is -1.36. The van der Waals surface area contributed by atoms with Gasteiger partial charge in [-0.25, -0.2) is 0 Å². The van der Waals surface area contributed by atoms with Crippen molar-refractivity contribution in [1.82, 2.24) is 5.32 Å². The van der Waals surface area contributed by atoms with Crippen LogP contribution in [0.2, 0.25) is 0 Å². The molecule has 6 nitrogen and oxygen atoms in total. The first-order valence-corrected chi connectivity index (χ1v) is 6.04. The zero-order chi connectivity index (χ0) is 12.3. The van der Waals surface area contributed by atoms with E-state index in [1.807, 2.05) is 0 Å². The average Bonchev–Trinajstić information content (AvgIpc) is 2.22. The van der Waals surface area contributed by atoms with E-state index in [0.29, 0.717) is 0 Å². The van der Waals surface area contributed by atoms with Gasteiger partial charge < -0.3 is 25.4 Å². The van der Waals surface area contributed by atoms with Crippen LogP contribution in [0.1, 0.15) is 13.8 Å². The first-order valence-electron chi connectivity index (χ1n) is 4.99. The maximum absolute atomic E-state index is 10.6. The number of aliphatic hydroxyl groups is 3. The van der Waals surface area contributed by atoms with E-state index in [-0.39, 0.29) is 11.8 Å². The summed E-state index contributed by atoms with van der Waals surface area (Å²) in [5.41, 5.74) is -0.653. The van der Waals surface area contributed by atoms with Crippen LogP contribution in [0.15, 0.2) is 0 Å². The number of hydrogen-bond donors (Lipinski definition) is 4. The molecule has 1 heterocycles. The summed E-state index contributed by atoms with van der Waals surface area (Å²) >= 11 is 1.17. The Morgan fingerprint density at radius 2 is 1.94 bits per heavy atom. The third kappa shape index (κ3) is 3.33. The number of carbonyl (C=O) groups excluding carboxylic acids is 1. The van der Waals surface area contributed by atoms with Gasteiger partial charge in [0.2, 0.25) is 5.91 Å². The molecule has 1 rings (SSSR count). The van der Waals surface area contributed by atoms with Crippen molar-refractivity contribution in [1.29, 1.82) is 0 Å². The predicted molar refractivity (Wildman–Crippen MR) is 58.6 cm³/mol. The Morgan fingerprint density at radius 1 is 1.31 bits per heavy atom. The van der Waals surface area contributed by atoms with Gasteiger partial charge in [-0.3, -0.25) is 4.79 Å². The van der Waals surface area contributed by atoms with Crippen LogP contribution in [0.5, 0.6) is 0 Å². The van der Waals surface area contributed by atoms with Crippen molar-refractivity contribution in [3.63, 3.8) is 0 Å². The second kappa shape index (κ2) is 5.83. The van der Waals surface area contributed by atoms with Crippen LogP contribution < -0.4 is 5.32 Å². The van der Waals surface area contributed by atoms with Gasteiger partial charge in [-0.15, -0.1) is 11.8 Å². The van der Waals surface area contributed by atoms with E-state index < -0.39 is 29.9 Å². The monoisotopic (exact) mass is 251 g/mol. The largest absolute Gasteiger partial charge is 0.388 e. The summed E-state index contributed by atoms with van der Waals surface area (Å²) in [4.78, 5) is 10.6. The molecule has 0 aromatic heterocycles. The highest BCUT2D eigenvalue weighted by Crippen LogP contribution is 2.27. The van der Waals surface area contributed by atoms with Crippen LogP contribution in [0.25, 0.3) is 0 Å². The average molecular weight is 251 g/mol. The highest BCUT2D eigenvalue weighted by molar-refractivity contribution is 7.99. The molecule has 7 heteroatoms. The number of thioether (sulfide) groups is 1. The quantitative estimate of drug-likeness (QED) is 0.462. The van der Waals surface area contributed by atoms with Gasteiger partial charge in [0.1, 0.15) is 23.7 Å². The van der Waals surface area contributed by atoms with Gasteiger partial charge in [0.25, 0.3) is 0 Å². The second-order valence-corrected chi connectivity index (χ2v) is 4.81. The molecule has 0 aromatic carbocycles. The molecule has 1 amide bonds. The second-order valence-electron chi connectivity index (χ2n) is 3.73. The summed E-state index contributed by atoms with van der Waals surface area (Å²) in [5.74, 6) is 0.110. The fourth-order valence-electron chi connectivity index (χ4n) is 1.38. The molecule has 0 bridgehead atoms. The van der Waals surface area contributed by atoms with Gasteiger partial charge in [0.05, 0.1) is 12.0 Å². The van der Waals surface area contributed by atoms with Crippen molar-refractivity contribution in [3.8, 4) is 0 Å². The molecule has 5 atom stereocenters. The fourth-order valence-corrected chi connectivity index (χ4v) is 2.44. The number of amides is 1. The van der Waals surface area contributed by atoms with Crippen LogP contribution in [0.3, 0.4) is 0 Å². The van der Waals surface area contributed by atoms with Gasteiger partial charge in [-0.05, 0) is 6.92 Å². The molecule has 1 aliphatic rings. The first-order chi connectivity index (χ1) is 7.43. The number of aliphatic hydroxyl groups excluding tert-OH is 3. The van der Waals surface area contributed by atoms with Crippen molar-refractivity contribution in [2.45, 2.75) is 43.7 Å². The van der Waals surface area contributed by atoms with Gasteiger partial charge in [-0.2, -0.15) is 0 Å². The third-order valence-electron chi connectivity index (χ3n) is 2.38. The summed E-state index contributed by atoms with van der Waals surface area (Å²) in [6.45, 7) is 3.01. The summed E-state index contributed by atoms with van der Waals surface area (Å²) in [6.07, 6.45) is -4.02. The maximum Gasteiger partial charge on any atom is 0.217 e. The number of hydrogen-bond acceptors (Lipinski definition) is 6. The van der Waals surface area contributed by atoms with Crippen LogP contribution in [-0.2, 0) is 9.53 Å². The van der Waals surface area contributed by atoms with Crippen LogP contribution >= 0.6 is 11.8 Å². The molecule has 0 aliphatic carbocycles. The van der Waals surface area contributed by atoms with E-state index in [9.17, 15) is 20.1 Å². The number of nitrogens with one attached hydrogen (secondary N) is 1. The summed E-state index contributed by atoms with van der Waals surface area (Å²) in [6, 6.07) is 0. The lowest BCUT2D eigenvalue weighted by molar-refractivity contribution is -0.192. The molecule has 0 saturated carbocycles. The first kappa shape index (κ1) is 13.7. The molecule has 16 heavy (non-hydrogen) atoms. The summed E-state index contributed by atoms with van der Waals surface area (Å²) < 4.78 is 5.31. The van der Waals surface area contributed by atoms with Crippen molar-refractivity contribution in [2.24, 2.45) is 0 Å². The number of rotatable bonds is 3. The zero-order valence-electron chi connectivity index (χ0n) is 9.16. The fraction of sp³-hybridized carbons (Fsp3) is 0.889. The lowest BCUT2D eigenvalue weighted by atomic mass is 10.0. The maximum atomic E-state index is 10.6. The molecule has 1 fully saturated rings. The van der Waals surface area contributed by atoms with E-state index in [0.717, 1.165) is 0 Å². The molecule has 1 aliphatic heterocycles.